The normalized spacial score (nSPS) is 11.1. The summed E-state index contributed by atoms with van der Waals surface area (Å²) < 4.78 is 34.4. The van der Waals surface area contributed by atoms with Gasteiger partial charge < -0.3 is 10.1 Å². The molecule has 5 rings (SSSR count). The number of nitrogens with one attached hydrogen (secondary N) is 1. The van der Waals surface area contributed by atoms with Crippen molar-refractivity contribution in [2.24, 2.45) is 0 Å². The van der Waals surface area contributed by atoms with E-state index in [4.69, 9.17) is 16.3 Å². The van der Waals surface area contributed by atoms with Crippen LogP contribution in [0.25, 0.3) is 16.9 Å². The van der Waals surface area contributed by atoms with Crippen LogP contribution in [0.5, 0.6) is 11.5 Å². The summed E-state index contributed by atoms with van der Waals surface area (Å²) in [4.78, 5) is 28.6. The maximum atomic E-state index is 13.9. The minimum Gasteiger partial charge on any atom is -0.457 e. The van der Waals surface area contributed by atoms with Crippen molar-refractivity contribution in [1.29, 1.82) is 0 Å². The molecule has 1 amide bonds. The third kappa shape index (κ3) is 5.39. The number of nitro benzene ring substituents is 1. The van der Waals surface area contributed by atoms with Crippen molar-refractivity contribution < 1.29 is 23.2 Å². The highest BCUT2D eigenvalue weighted by atomic mass is 35.5. The van der Waals surface area contributed by atoms with Crippen LogP contribution in [0.15, 0.2) is 79.0 Å². The third-order valence-electron chi connectivity index (χ3n) is 5.76. The summed E-state index contributed by atoms with van der Waals surface area (Å²) in [6.45, 7) is 1.78. The number of rotatable bonds is 7. The number of hydrogen-bond acceptors (Lipinski definition) is 6. The molecule has 39 heavy (non-hydrogen) atoms. The topological polar surface area (TPSA) is 112 Å². The lowest BCUT2D eigenvalue weighted by molar-refractivity contribution is -0.384. The van der Waals surface area contributed by atoms with Gasteiger partial charge in [-0.25, -0.2) is 18.3 Å². The number of ether oxygens (including phenoxy) is 1. The smallest absolute Gasteiger partial charge is 0.280 e. The van der Waals surface area contributed by atoms with Crippen molar-refractivity contribution in [3.63, 3.8) is 0 Å². The molecule has 196 valence electrons. The van der Waals surface area contributed by atoms with Crippen LogP contribution >= 0.6 is 11.6 Å². The fourth-order valence-electron chi connectivity index (χ4n) is 3.89. The van der Waals surface area contributed by atoms with Crippen LogP contribution < -0.4 is 10.1 Å². The van der Waals surface area contributed by atoms with E-state index < -0.39 is 22.9 Å². The van der Waals surface area contributed by atoms with Gasteiger partial charge in [0, 0.05) is 22.7 Å². The van der Waals surface area contributed by atoms with Gasteiger partial charge in [-0.2, -0.15) is 5.10 Å². The molecule has 0 aliphatic heterocycles. The number of nitro groups is 1. The zero-order valence-corrected chi connectivity index (χ0v) is 20.9. The number of hydrogen-bond donors (Lipinski definition) is 1. The van der Waals surface area contributed by atoms with Gasteiger partial charge in [-0.1, -0.05) is 41.9 Å². The fraction of sp³-hybridized carbons (Fsp3) is 0.0741. The second-order valence-electron chi connectivity index (χ2n) is 8.47. The SMILES string of the molecule is Cc1cc(Oc2cc(NC(=O)c3cnn4c(C(F)F)cc(-c5ccccc5)nc34)cc([N+](=O)[O-])c2)ccc1Cl. The van der Waals surface area contributed by atoms with Crippen molar-refractivity contribution in [2.45, 2.75) is 13.3 Å². The molecule has 9 nitrogen and oxygen atoms in total. The largest absolute Gasteiger partial charge is 0.457 e. The number of fused-ring (bicyclic) bond motifs is 1. The van der Waals surface area contributed by atoms with Crippen molar-refractivity contribution in [3.05, 3.63) is 111 Å². The number of alkyl halides is 2. The van der Waals surface area contributed by atoms with Crippen molar-refractivity contribution >= 4 is 34.5 Å². The number of non-ortho nitro benzene ring substituents is 1. The second kappa shape index (κ2) is 10.5. The van der Waals surface area contributed by atoms with Gasteiger partial charge in [-0.05, 0) is 36.8 Å². The Bertz CT molecular complexity index is 1730. The molecule has 0 bridgehead atoms. The molecule has 0 aliphatic carbocycles. The molecule has 0 unspecified atom stereocenters. The maximum absolute atomic E-state index is 13.9. The lowest BCUT2D eigenvalue weighted by atomic mass is 10.1. The Morgan fingerprint density at radius 2 is 1.85 bits per heavy atom. The number of amides is 1. The summed E-state index contributed by atoms with van der Waals surface area (Å²) in [6.07, 6.45) is -1.77. The van der Waals surface area contributed by atoms with Gasteiger partial charge in [0.1, 0.15) is 22.8 Å². The van der Waals surface area contributed by atoms with E-state index in [1.165, 1.54) is 18.2 Å². The first-order chi connectivity index (χ1) is 18.7. The van der Waals surface area contributed by atoms with Crippen LogP contribution in [0, 0.1) is 17.0 Å². The monoisotopic (exact) mass is 549 g/mol. The Morgan fingerprint density at radius 1 is 1.08 bits per heavy atom. The third-order valence-corrected chi connectivity index (χ3v) is 6.19. The molecule has 0 saturated carbocycles. The first-order valence-corrected chi connectivity index (χ1v) is 11.8. The Labute approximate surface area is 224 Å². The van der Waals surface area contributed by atoms with Crippen LogP contribution in [-0.4, -0.2) is 25.4 Å². The van der Waals surface area contributed by atoms with Gasteiger partial charge in [-0.3, -0.25) is 14.9 Å². The fourth-order valence-corrected chi connectivity index (χ4v) is 4.01. The predicted molar refractivity (Wildman–Crippen MR) is 141 cm³/mol. The van der Waals surface area contributed by atoms with Crippen molar-refractivity contribution in [3.8, 4) is 22.8 Å². The lowest BCUT2D eigenvalue weighted by Gasteiger charge is -2.11. The molecular formula is C27H18ClF2N5O4. The number of halogens is 3. The van der Waals surface area contributed by atoms with Gasteiger partial charge >= 0.3 is 0 Å². The lowest BCUT2D eigenvalue weighted by Crippen LogP contribution is -2.13. The number of carbonyl (C=O) groups is 1. The number of aromatic nitrogens is 3. The summed E-state index contributed by atoms with van der Waals surface area (Å²) in [7, 11) is 0. The number of aryl methyl sites for hydroxylation is 1. The molecule has 2 aromatic heterocycles. The van der Waals surface area contributed by atoms with Crippen LogP contribution in [0.1, 0.15) is 28.0 Å². The quantitative estimate of drug-likeness (QED) is 0.169. The van der Waals surface area contributed by atoms with E-state index in [2.05, 4.69) is 15.4 Å². The summed E-state index contributed by atoms with van der Waals surface area (Å²) in [5.41, 5.74) is 0.624. The number of carbonyl (C=O) groups excluding carboxylic acids is 1. The van der Waals surface area contributed by atoms with Crippen LogP contribution in [-0.2, 0) is 0 Å². The number of anilines is 1. The molecule has 0 atom stereocenters. The molecule has 0 aliphatic rings. The highest BCUT2D eigenvalue weighted by Crippen LogP contribution is 2.32. The van der Waals surface area contributed by atoms with E-state index in [-0.39, 0.29) is 34.0 Å². The molecule has 0 spiro atoms. The molecular weight excluding hydrogens is 532 g/mol. The van der Waals surface area contributed by atoms with Gasteiger partial charge in [-0.15, -0.1) is 0 Å². The molecule has 1 N–H and O–H groups in total. The maximum Gasteiger partial charge on any atom is 0.280 e. The average molecular weight is 550 g/mol. The Morgan fingerprint density at radius 3 is 2.54 bits per heavy atom. The van der Waals surface area contributed by atoms with E-state index in [0.29, 0.717) is 16.3 Å². The molecule has 12 heteroatoms. The Kier molecular flexibility index (Phi) is 6.90. The van der Waals surface area contributed by atoms with Gasteiger partial charge in [0.25, 0.3) is 18.0 Å². The van der Waals surface area contributed by atoms with E-state index in [1.807, 2.05) is 0 Å². The average Bonchev–Trinajstić information content (AvgIpc) is 3.35. The number of benzene rings is 3. The zero-order valence-electron chi connectivity index (χ0n) is 20.1. The van der Waals surface area contributed by atoms with Gasteiger partial charge in [0.2, 0.25) is 0 Å². The minimum absolute atomic E-state index is 0.0440. The van der Waals surface area contributed by atoms with Gasteiger partial charge in [0.15, 0.2) is 5.65 Å². The summed E-state index contributed by atoms with van der Waals surface area (Å²) >= 11 is 6.05. The first kappa shape index (κ1) is 25.7. The predicted octanol–water partition coefficient (Wildman–Crippen LogP) is 7.25. The van der Waals surface area contributed by atoms with E-state index in [0.717, 1.165) is 22.3 Å². The summed E-state index contributed by atoms with van der Waals surface area (Å²) in [6, 6.07) is 18.5. The van der Waals surface area contributed by atoms with Gasteiger partial charge in [0.05, 0.1) is 28.6 Å². The van der Waals surface area contributed by atoms with E-state index in [1.54, 1.807) is 55.5 Å². The first-order valence-electron chi connectivity index (χ1n) is 11.5. The summed E-state index contributed by atoms with van der Waals surface area (Å²) in [5, 5.41) is 18.6. The van der Waals surface area contributed by atoms with Crippen LogP contribution in [0.4, 0.5) is 20.2 Å². The van der Waals surface area contributed by atoms with Crippen molar-refractivity contribution in [2.75, 3.05) is 5.32 Å². The molecule has 0 fully saturated rings. The second-order valence-corrected chi connectivity index (χ2v) is 8.87. The van der Waals surface area contributed by atoms with Crippen LogP contribution in [0.3, 0.4) is 0 Å². The molecule has 5 aromatic rings. The van der Waals surface area contributed by atoms with E-state index in [9.17, 15) is 23.7 Å². The Balaban J connectivity index is 1.51. The summed E-state index contributed by atoms with van der Waals surface area (Å²) in [5.74, 6) is -0.281. The van der Waals surface area contributed by atoms with Crippen LogP contribution in [0.2, 0.25) is 5.02 Å². The Hall–Kier alpha value is -4.90. The minimum atomic E-state index is -2.89. The molecule has 0 saturated heterocycles. The highest BCUT2D eigenvalue weighted by molar-refractivity contribution is 6.31. The number of nitrogens with zero attached hydrogens (tertiary/aromatic N) is 4. The standard InChI is InChI=1S/C27H18ClF2N5O4/c1-15-9-19(7-8-22(15)28)39-20-11-17(10-18(12-20)35(37)38)32-27(36)21-14-31-34-24(25(29)30)13-23(33-26(21)34)16-5-3-2-4-6-16/h2-14,25H,1H3,(H,32,36). The molecule has 2 heterocycles. The zero-order chi connectivity index (χ0) is 27.7. The highest BCUT2D eigenvalue weighted by Gasteiger charge is 2.22. The van der Waals surface area contributed by atoms with E-state index >= 15 is 0 Å². The molecule has 0 radical (unpaired) electrons. The molecule has 3 aromatic carbocycles. The van der Waals surface area contributed by atoms with Crippen molar-refractivity contribution in [1.82, 2.24) is 14.6 Å².